The first kappa shape index (κ1) is 29.2. The summed E-state index contributed by atoms with van der Waals surface area (Å²) >= 11 is 6.26. The van der Waals surface area contributed by atoms with Crippen LogP contribution in [0.2, 0.25) is 5.02 Å². The Hall–Kier alpha value is -3.81. The predicted octanol–water partition coefficient (Wildman–Crippen LogP) is 6.82. The molecule has 0 bridgehead atoms. The van der Waals surface area contributed by atoms with E-state index in [1.165, 1.54) is 4.31 Å². The summed E-state index contributed by atoms with van der Waals surface area (Å²) in [5.74, 6) is -0.196. The molecule has 40 heavy (non-hydrogen) atoms. The van der Waals surface area contributed by atoms with Gasteiger partial charge >= 0.3 is 0 Å². The Morgan fingerprint density at radius 2 is 1.45 bits per heavy atom. The lowest BCUT2D eigenvalue weighted by Crippen LogP contribution is -2.31. The summed E-state index contributed by atoms with van der Waals surface area (Å²) in [5, 5.41) is 3.41. The fourth-order valence-corrected chi connectivity index (χ4v) is 6.19. The number of rotatable bonds is 11. The summed E-state index contributed by atoms with van der Waals surface area (Å²) in [6.07, 6.45) is 0. The van der Waals surface area contributed by atoms with Crippen LogP contribution in [-0.4, -0.2) is 27.4 Å². The van der Waals surface area contributed by atoms with E-state index in [-0.39, 0.29) is 17.3 Å². The highest BCUT2D eigenvalue weighted by atomic mass is 35.5. The van der Waals surface area contributed by atoms with Gasteiger partial charge in [0.25, 0.3) is 15.9 Å². The first-order chi connectivity index (χ1) is 19.2. The standard InChI is InChI=1S/C32H34ClN3O3S/c1-4-35(5-2)29-19-14-25(15-20-29)22-34-32(37)27-16-12-26(13-17-27)23-36(31-21-28(33)18-11-24(31)3)40(38,39)30-9-7-6-8-10-30/h6-21H,4-5,22-23H2,1-3H3,(H,34,37). The molecule has 0 spiro atoms. The van der Waals surface area contributed by atoms with E-state index in [4.69, 9.17) is 11.6 Å². The fourth-order valence-electron chi connectivity index (χ4n) is 4.50. The smallest absolute Gasteiger partial charge is 0.264 e. The van der Waals surface area contributed by atoms with Crippen molar-refractivity contribution < 1.29 is 13.2 Å². The van der Waals surface area contributed by atoms with Gasteiger partial charge in [-0.25, -0.2) is 8.42 Å². The molecule has 1 amide bonds. The van der Waals surface area contributed by atoms with Crippen molar-refractivity contribution in [2.75, 3.05) is 22.3 Å². The largest absolute Gasteiger partial charge is 0.372 e. The minimum Gasteiger partial charge on any atom is -0.372 e. The van der Waals surface area contributed by atoms with Crippen LogP contribution in [0.15, 0.2) is 102 Å². The first-order valence-corrected chi connectivity index (χ1v) is 15.1. The maximum Gasteiger partial charge on any atom is 0.264 e. The maximum absolute atomic E-state index is 13.7. The highest BCUT2D eigenvalue weighted by Crippen LogP contribution is 2.31. The fraction of sp³-hybridized carbons (Fsp3) is 0.219. The van der Waals surface area contributed by atoms with Crippen molar-refractivity contribution >= 4 is 38.9 Å². The molecule has 208 valence electrons. The minimum atomic E-state index is -3.88. The molecule has 0 fully saturated rings. The molecule has 6 nitrogen and oxygen atoms in total. The van der Waals surface area contributed by atoms with E-state index in [0.29, 0.717) is 22.8 Å². The molecule has 0 heterocycles. The van der Waals surface area contributed by atoms with Crippen molar-refractivity contribution in [3.05, 3.63) is 124 Å². The van der Waals surface area contributed by atoms with E-state index in [1.807, 2.05) is 19.1 Å². The van der Waals surface area contributed by atoms with Gasteiger partial charge < -0.3 is 10.2 Å². The predicted molar refractivity (Wildman–Crippen MR) is 164 cm³/mol. The number of carbonyl (C=O) groups excluding carboxylic acids is 1. The average Bonchev–Trinajstić information content (AvgIpc) is 2.98. The summed E-state index contributed by atoms with van der Waals surface area (Å²) in [6.45, 7) is 8.48. The van der Waals surface area contributed by atoms with E-state index in [1.54, 1.807) is 72.8 Å². The van der Waals surface area contributed by atoms with E-state index in [0.717, 1.165) is 35.5 Å². The van der Waals surface area contributed by atoms with Crippen molar-refractivity contribution in [1.29, 1.82) is 0 Å². The summed E-state index contributed by atoms with van der Waals surface area (Å²) < 4.78 is 28.8. The minimum absolute atomic E-state index is 0.0825. The number of amides is 1. The van der Waals surface area contributed by atoms with Gasteiger partial charge in [-0.05, 0) is 86.0 Å². The third kappa shape index (κ3) is 6.84. The second kappa shape index (κ2) is 13.0. The van der Waals surface area contributed by atoms with Crippen molar-refractivity contribution in [3.63, 3.8) is 0 Å². The van der Waals surface area contributed by atoms with Gasteiger partial charge in [0.15, 0.2) is 0 Å². The van der Waals surface area contributed by atoms with Gasteiger partial charge in [0.2, 0.25) is 0 Å². The van der Waals surface area contributed by atoms with Gasteiger partial charge in [0, 0.05) is 35.9 Å². The van der Waals surface area contributed by atoms with Crippen LogP contribution in [0.5, 0.6) is 0 Å². The van der Waals surface area contributed by atoms with Crippen molar-refractivity contribution in [2.45, 2.75) is 38.8 Å². The molecular formula is C32H34ClN3O3S. The number of benzene rings is 4. The molecule has 0 saturated carbocycles. The monoisotopic (exact) mass is 575 g/mol. The van der Waals surface area contributed by atoms with Crippen molar-refractivity contribution in [2.24, 2.45) is 0 Å². The maximum atomic E-state index is 13.7. The summed E-state index contributed by atoms with van der Waals surface area (Å²) in [4.78, 5) is 15.3. The van der Waals surface area contributed by atoms with Crippen LogP contribution in [0.4, 0.5) is 11.4 Å². The van der Waals surface area contributed by atoms with Crippen LogP contribution in [0.1, 0.15) is 40.9 Å². The number of aryl methyl sites for hydroxylation is 1. The number of sulfonamides is 1. The summed E-state index contributed by atoms with van der Waals surface area (Å²) in [7, 11) is -3.88. The second-order valence-electron chi connectivity index (χ2n) is 9.47. The van der Waals surface area contributed by atoms with E-state index >= 15 is 0 Å². The molecule has 0 aliphatic heterocycles. The molecule has 0 aliphatic carbocycles. The lowest BCUT2D eigenvalue weighted by atomic mass is 10.1. The molecule has 0 atom stereocenters. The Balaban J connectivity index is 1.50. The molecule has 0 aromatic heterocycles. The highest BCUT2D eigenvalue weighted by molar-refractivity contribution is 7.92. The number of nitrogens with one attached hydrogen (secondary N) is 1. The molecule has 4 rings (SSSR count). The zero-order valence-electron chi connectivity index (χ0n) is 23.0. The number of carbonyl (C=O) groups is 1. The number of anilines is 2. The van der Waals surface area contributed by atoms with Gasteiger partial charge in [-0.3, -0.25) is 9.10 Å². The molecule has 0 unspecified atom stereocenters. The Morgan fingerprint density at radius 1 is 0.825 bits per heavy atom. The van der Waals surface area contributed by atoms with E-state index in [9.17, 15) is 13.2 Å². The molecule has 0 aliphatic rings. The molecule has 4 aromatic carbocycles. The van der Waals surface area contributed by atoms with Crippen LogP contribution in [0.3, 0.4) is 0 Å². The number of hydrogen-bond acceptors (Lipinski definition) is 4. The zero-order chi connectivity index (χ0) is 28.7. The average molecular weight is 576 g/mol. The van der Waals surface area contributed by atoms with Crippen molar-refractivity contribution in [3.8, 4) is 0 Å². The molecule has 0 saturated heterocycles. The van der Waals surface area contributed by atoms with Gasteiger partial charge in [-0.15, -0.1) is 0 Å². The van der Waals surface area contributed by atoms with Crippen LogP contribution < -0.4 is 14.5 Å². The highest BCUT2D eigenvalue weighted by Gasteiger charge is 2.26. The molecular weight excluding hydrogens is 542 g/mol. The van der Waals surface area contributed by atoms with Crippen LogP contribution in [0, 0.1) is 6.92 Å². The normalized spacial score (nSPS) is 11.2. The number of halogens is 1. The van der Waals surface area contributed by atoms with Crippen LogP contribution >= 0.6 is 11.6 Å². The quantitative estimate of drug-likeness (QED) is 0.213. The third-order valence-corrected chi connectivity index (χ3v) is 8.84. The van der Waals surface area contributed by atoms with E-state index in [2.05, 4.69) is 36.2 Å². The molecule has 0 radical (unpaired) electrons. The second-order valence-corrected chi connectivity index (χ2v) is 11.8. The SMILES string of the molecule is CCN(CC)c1ccc(CNC(=O)c2ccc(CN(c3cc(Cl)ccc3C)S(=O)(=O)c3ccccc3)cc2)cc1. The molecule has 8 heteroatoms. The first-order valence-electron chi connectivity index (χ1n) is 13.3. The van der Waals surface area contributed by atoms with Gasteiger partial charge in [-0.1, -0.05) is 60.1 Å². The van der Waals surface area contributed by atoms with Gasteiger partial charge in [0.05, 0.1) is 17.1 Å². The summed E-state index contributed by atoms with van der Waals surface area (Å²) in [5.41, 5.74) is 4.70. The molecule has 1 N–H and O–H groups in total. The Labute approximate surface area is 242 Å². The Bertz CT molecular complexity index is 1540. The summed E-state index contributed by atoms with van der Waals surface area (Å²) in [6, 6.07) is 28.7. The zero-order valence-corrected chi connectivity index (χ0v) is 24.5. The Morgan fingerprint density at radius 3 is 2.08 bits per heavy atom. The number of hydrogen-bond donors (Lipinski definition) is 1. The van der Waals surface area contributed by atoms with E-state index < -0.39 is 10.0 Å². The van der Waals surface area contributed by atoms with Gasteiger partial charge in [0.1, 0.15) is 0 Å². The van der Waals surface area contributed by atoms with Gasteiger partial charge in [-0.2, -0.15) is 0 Å². The number of nitrogens with zero attached hydrogens (tertiary/aromatic N) is 2. The molecule has 4 aromatic rings. The topological polar surface area (TPSA) is 69.7 Å². The van der Waals surface area contributed by atoms with Crippen molar-refractivity contribution in [1.82, 2.24) is 5.32 Å². The third-order valence-electron chi connectivity index (χ3n) is 6.83. The Kier molecular flexibility index (Phi) is 9.50. The lowest BCUT2D eigenvalue weighted by Gasteiger charge is -2.26. The van der Waals surface area contributed by atoms with Crippen LogP contribution in [0.25, 0.3) is 0 Å². The van der Waals surface area contributed by atoms with Crippen LogP contribution in [-0.2, 0) is 23.1 Å². The lowest BCUT2D eigenvalue weighted by molar-refractivity contribution is 0.0951.